The molecule has 36 heavy (non-hydrogen) atoms. The number of fused-ring (bicyclic) bond motifs is 1. The van der Waals surface area contributed by atoms with Gasteiger partial charge in [-0.15, -0.1) is 0 Å². The Bertz CT molecular complexity index is 936. The summed E-state index contributed by atoms with van der Waals surface area (Å²) in [7, 11) is 0. The van der Waals surface area contributed by atoms with Crippen LogP contribution < -0.4 is 16.0 Å². The minimum absolute atomic E-state index is 0.0213. The number of amides is 4. The van der Waals surface area contributed by atoms with Gasteiger partial charge in [-0.2, -0.15) is 0 Å². The minimum Gasteiger partial charge on any atom is -0.347 e. The lowest BCUT2D eigenvalue weighted by Crippen LogP contribution is -2.59. The van der Waals surface area contributed by atoms with Crippen LogP contribution in [-0.4, -0.2) is 65.0 Å². The zero-order chi connectivity index (χ0) is 26.5. The molecule has 3 saturated carbocycles. The van der Waals surface area contributed by atoms with Crippen LogP contribution in [0, 0.1) is 35.0 Å². The lowest BCUT2D eigenvalue weighted by molar-refractivity contribution is -0.145. The van der Waals surface area contributed by atoms with E-state index in [1.807, 2.05) is 13.8 Å². The molecule has 0 aromatic rings. The van der Waals surface area contributed by atoms with E-state index in [1.165, 1.54) is 0 Å². The van der Waals surface area contributed by atoms with Gasteiger partial charge in [0.05, 0.1) is 6.04 Å². The molecule has 0 aromatic heterocycles. The van der Waals surface area contributed by atoms with Gasteiger partial charge in [0.15, 0.2) is 0 Å². The number of Topliss-reactive ketones (excluding diaryl/α,β-unsaturated/α-hetero) is 1. The number of hydrogen-bond donors (Lipinski definition) is 3. The number of nitrogens with one attached hydrogen (secondary N) is 3. The first-order valence-corrected chi connectivity index (χ1v) is 13.6. The molecule has 5 atom stereocenters. The van der Waals surface area contributed by atoms with Gasteiger partial charge in [-0.1, -0.05) is 54.4 Å². The smallest absolute Gasteiger partial charge is 0.289 e. The number of ketones is 1. The van der Waals surface area contributed by atoms with Crippen molar-refractivity contribution in [3.8, 4) is 0 Å². The van der Waals surface area contributed by atoms with Crippen LogP contribution in [0.15, 0.2) is 0 Å². The van der Waals surface area contributed by atoms with Gasteiger partial charge >= 0.3 is 0 Å². The summed E-state index contributed by atoms with van der Waals surface area (Å²) in [6, 6.07) is -2.29. The Kier molecular flexibility index (Phi) is 7.23. The van der Waals surface area contributed by atoms with E-state index in [1.54, 1.807) is 18.7 Å². The third kappa shape index (κ3) is 5.44. The lowest BCUT2D eigenvalue weighted by Gasteiger charge is -2.35. The standard InChI is InChI=1S/C27H42N4O5/c1-13(2)20(30-23(33)14(3)4)26(36)31-12-17-19(27(17,5)6)21(31)24(34)29-18(11-15-7-8-15)22(32)25(35)28-16-9-10-16/h13-21H,7-12H2,1-6H3,(H,28,35)(H,29,34)(H,30,33)/t17-,18?,19-,20?,21-/m0/s1. The van der Waals surface area contributed by atoms with E-state index >= 15 is 0 Å². The first kappa shape index (κ1) is 26.6. The van der Waals surface area contributed by atoms with Crippen LogP contribution >= 0.6 is 0 Å². The van der Waals surface area contributed by atoms with Crippen molar-refractivity contribution in [2.24, 2.45) is 35.0 Å². The third-order valence-electron chi connectivity index (χ3n) is 8.55. The minimum atomic E-state index is -0.886. The molecule has 4 fully saturated rings. The predicted octanol–water partition coefficient (Wildman–Crippen LogP) is 1.40. The Morgan fingerprint density at radius 1 is 0.944 bits per heavy atom. The number of rotatable bonds is 11. The number of likely N-dealkylation sites (tertiary alicyclic amines) is 1. The third-order valence-corrected chi connectivity index (χ3v) is 8.55. The summed E-state index contributed by atoms with van der Waals surface area (Å²) in [4.78, 5) is 66.9. The SMILES string of the molecule is CC(C)C(=O)NC(C(=O)N1C[C@H]2[C@@H]([C@H]1C(=O)NC(CC1CC1)C(=O)C(=O)NC1CC1)C2(C)C)C(C)C. The normalized spacial score (nSPS) is 27.8. The molecular formula is C27H42N4O5. The van der Waals surface area contributed by atoms with E-state index in [0.29, 0.717) is 18.9 Å². The summed E-state index contributed by atoms with van der Waals surface area (Å²) < 4.78 is 0. The molecule has 0 bridgehead atoms. The quantitative estimate of drug-likeness (QED) is 0.369. The largest absolute Gasteiger partial charge is 0.347 e. The van der Waals surface area contributed by atoms with Crippen LogP contribution in [0.5, 0.6) is 0 Å². The Morgan fingerprint density at radius 3 is 2.11 bits per heavy atom. The Hall–Kier alpha value is -2.45. The predicted molar refractivity (Wildman–Crippen MR) is 133 cm³/mol. The summed E-state index contributed by atoms with van der Waals surface area (Å²) in [5.41, 5.74) is -0.0906. The number of carbonyl (C=O) groups is 5. The van der Waals surface area contributed by atoms with E-state index in [0.717, 1.165) is 25.7 Å². The van der Waals surface area contributed by atoms with Gasteiger partial charge in [0, 0.05) is 18.5 Å². The maximum atomic E-state index is 13.7. The second-order valence-electron chi connectivity index (χ2n) is 12.6. The second-order valence-corrected chi connectivity index (χ2v) is 12.6. The molecular weight excluding hydrogens is 460 g/mol. The topological polar surface area (TPSA) is 125 Å². The molecule has 0 spiro atoms. The fourth-order valence-electron chi connectivity index (χ4n) is 5.64. The van der Waals surface area contributed by atoms with E-state index < -0.39 is 29.8 Å². The first-order valence-electron chi connectivity index (χ1n) is 13.6. The summed E-state index contributed by atoms with van der Waals surface area (Å²) in [6.45, 7) is 11.9. The second kappa shape index (κ2) is 9.78. The molecule has 0 aromatic carbocycles. The van der Waals surface area contributed by atoms with Crippen molar-refractivity contribution in [2.75, 3.05) is 6.54 Å². The summed E-state index contributed by atoms with van der Waals surface area (Å²) >= 11 is 0. The van der Waals surface area contributed by atoms with Crippen LogP contribution in [0.2, 0.25) is 0 Å². The van der Waals surface area contributed by atoms with E-state index in [-0.39, 0.29) is 52.8 Å². The summed E-state index contributed by atoms with van der Waals surface area (Å²) in [5, 5.41) is 8.48. The number of piperidine rings is 1. The summed E-state index contributed by atoms with van der Waals surface area (Å²) in [6.07, 6.45) is 4.17. The first-order chi connectivity index (χ1) is 16.8. The average Bonchev–Trinajstić information content (AvgIpc) is 3.75. The van der Waals surface area contributed by atoms with Gasteiger partial charge in [-0.05, 0) is 48.3 Å². The van der Waals surface area contributed by atoms with Crippen molar-refractivity contribution >= 4 is 29.4 Å². The fourth-order valence-corrected chi connectivity index (χ4v) is 5.64. The molecule has 1 aliphatic heterocycles. The van der Waals surface area contributed by atoms with Crippen LogP contribution in [0.1, 0.15) is 73.6 Å². The van der Waals surface area contributed by atoms with Gasteiger partial charge in [0.25, 0.3) is 5.91 Å². The zero-order valence-electron chi connectivity index (χ0n) is 22.4. The highest BCUT2D eigenvalue weighted by Crippen LogP contribution is 2.65. The molecule has 9 heteroatoms. The van der Waals surface area contributed by atoms with Crippen LogP contribution in [0.4, 0.5) is 0 Å². The molecule has 0 radical (unpaired) electrons. The Morgan fingerprint density at radius 2 is 1.58 bits per heavy atom. The maximum Gasteiger partial charge on any atom is 0.289 e. The highest BCUT2D eigenvalue weighted by molar-refractivity contribution is 6.38. The molecule has 9 nitrogen and oxygen atoms in total. The molecule has 2 unspecified atom stereocenters. The van der Waals surface area contributed by atoms with Crippen molar-refractivity contribution in [3.05, 3.63) is 0 Å². The average molecular weight is 503 g/mol. The van der Waals surface area contributed by atoms with Crippen molar-refractivity contribution in [3.63, 3.8) is 0 Å². The van der Waals surface area contributed by atoms with Gasteiger partial charge < -0.3 is 20.9 Å². The molecule has 200 valence electrons. The Labute approximate surface area is 213 Å². The van der Waals surface area contributed by atoms with Crippen molar-refractivity contribution in [2.45, 2.75) is 97.8 Å². The van der Waals surface area contributed by atoms with Crippen molar-refractivity contribution in [1.29, 1.82) is 0 Å². The lowest BCUT2D eigenvalue weighted by atomic mass is 9.96. The molecule has 4 aliphatic rings. The highest BCUT2D eigenvalue weighted by atomic mass is 16.2. The van der Waals surface area contributed by atoms with Gasteiger partial charge in [0.2, 0.25) is 23.5 Å². The van der Waals surface area contributed by atoms with Crippen LogP contribution in [-0.2, 0) is 24.0 Å². The van der Waals surface area contributed by atoms with Crippen molar-refractivity contribution < 1.29 is 24.0 Å². The van der Waals surface area contributed by atoms with Gasteiger partial charge in [-0.3, -0.25) is 24.0 Å². The number of carbonyl (C=O) groups excluding carboxylic acids is 5. The van der Waals surface area contributed by atoms with Crippen LogP contribution in [0.25, 0.3) is 0 Å². The fraction of sp³-hybridized carbons (Fsp3) is 0.815. The van der Waals surface area contributed by atoms with Crippen molar-refractivity contribution in [1.82, 2.24) is 20.9 Å². The molecule has 3 aliphatic carbocycles. The number of nitrogens with zero attached hydrogens (tertiary/aromatic N) is 1. The van der Waals surface area contributed by atoms with E-state index in [4.69, 9.17) is 0 Å². The van der Waals surface area contributed by atoms with E-state index in [2.05, 4.69) is 29.8 Å². The molecule has 4 amide bonds. The maximum absolute atomic E-state index is 13.7. The molecule has 1 saturated heterocycles. The van der Waals surface area contributed by atoms with E-state index in [9.17, 15) is 24.0 Å². The molecule has 3 N–H and O–H groups in total. The van der Waals surface area contributed by atoms with Gasteiger partial charge in [-0.25, -0.2) is 0 Å². The Balaban J connectivity index is 1.51. The summed E-state index contributed by atoms with van der Waals surface area (Å²) in [5.74, 6) is -2.01. The zero-order valence-corrected chi connectivity index (χ0v) is 22.4. The van der Waals surface area contributed by atoms with Crippen LogP contribution in [0.3, 0.4) is 0 Å². The molecule has 4 rings (SSSR count). The highest BCUT2D eigenvalue weighted by Gasteiger charge is 2.69. The molecule has 1 heterocycles. The monoisotopic (exact) mass is 502 g/mol. The van der Waals surface area contributed by atoms with Gasteiger partial charge in [0.1, 0.15) is 12.1 Å². The number of hydrogen-bond acceptors (Lipinski definition) is 5.